The van der Waals surface area contributed by atoms with Gasteiger partial charge >= 0.3 is 0 Å². The molecule has 0 aromatic carbocycles. The molecule has 0 saturated carbocycles. The van der Waals surface area contributed by atoms with Crippen LogP contribution in [0.15, 0.2) is 0 Å². The predicted octanol–water partition coefficient (Wildman–Crippen LogP) is 4.96. The largest absolute Gasteiger partial charge is 0.300 e. The highest BCUT2D eigenvalue weighted by Gasteiger charge is 2.39. The van der Waals surface area contributed by atoms with Crippen molar-refractivity contribution in [3.8, 4) is 0 Å². The van der Waals surface area contributed by atoms with Gasteiger partial charge in [0.25, 0.3) is 0 Å². The van der Waals surface area contributed by atoms with E-state index in [1.807, 2.05) is 0 Å². The van der Waals surface area contributed by atoms with Crippen molar-refractivity contribution in [1.82, 2.24) is 4.90 Å². The van der Waals surface area contributed by atoms with Crippen LogP contribution in [-0.2, 0) is 0 Å². The summed E-state index contributed by atoms with van der Waals surface area (Å²) in [4.78, 5) is 2.78. The molecule has 18 heavy (non-hydrogen) atoms. The van der Waals surface area contributed by atoms with Gasteiger partial charge in [-0.2, -0.15) is 0 Å². The van der Waals surface area contributed by atoms with Crippen molar-refractivity contribution in [2.45, 2.75) is 79.7 Å². The Morgan fingerprint density at radius 2 is 1.78 bits per heavy atom. The zero-order valence-electron chi connectivity index (χ0n) is 13.6. The smallest absolute Gasteiger partial charge is 0.00902 e. The van der Waals surface area contributed by atoms with E-state index in [-0.39, 0.29) is 0 Å². The maximum atomic E-state index is 2.78. The van der Waals surface area contributed by atoms with Crippen molar-refractivity contribution in [2.24, 2.45) is 17.3 Å². The van der Waals surface area contributed by atoms with Crippen LogP contribution in [-0.4, -0.2) is 24.0 Å². The van der Waals surface area contributed by atoms with Crippen molar-refractivity contribution in [2.75, 3.05) is 13.1 Å². The number of hydrogen-bond acceptors (Lipinski definition) is 1. The highest BCUT2D eigenvalue weighted by molar-refractivity contribution is 4.91. The second-order valence-corrected chi connectivity index (χ2v) is 7.06. The molecule has 1 fully saturated rings. The maximum absolute atomic E-state index is 2.78. The van der Waals surface area contributed by atoms with Crippen molar-refractivity contribution in [3.05, 3.63) is 0 Å². The van der Waals surface area contributed by atoms with E-state index in [4.69, 9.17) is 0 Å². The highest BCUT2D eigenvalue weighted by Crippen LogP contribution is 2.42. The molecule has 2 unspecified atom stereocenters. The summed E-state index contributed by atoms with van der Waals surface area (Å²) in [6, 6.07) is 0.816. The molecule has 1 nitrogen and oxygen atoms in total. The van der Waals surface area contributed by atoms with Crippen LogP contribution in [0.2, 0.25) is 0 Å². The van der Waals surface area contributed by atoms with Crippen LogP contribution in [0.3, 0.4) is 0 Å². The number of nitrogens with zero attached hydrogens (tertiary/aromatic N) is 1. The lowest BCUT2D eigenvalue weighted by Crippen LogP contribution is -2.50. The fourth-order valence-corrected chi connectivity index (χ4v) is 3.83. The molecule has 1 saturated heterocycles. The van der Waals surface area contributed by atoms with Crippen LogP contribution in [0, 0.1) is 17.3 Å². The third-order valence-corrected chi connectivity index (χ3v) is 5.34. The van der Waals surface area contributed by atoms with E-state index in [1.54, 1.807) is 0 Å². The molecule has 1 heteroatoms. The Labute approximate surface area is 115 Å². The number of likely N-dealkylation sites (tertiary alicyclic amines) is 1. The molecule has 2 atom stereocenters. The lowest BCUT2D eigenvalue weighted by Gasteiger charge is -2.49. The van der Waals surface area contributed by atoms with Gasteiger partial charge in [0, 0.05) is 12.6 Å². The molecule has 0 aromatic rings. The first-order valence-corrected chi connectivity index (χ1v) is 8.20. The molecule has 1 rings (SSSR count). The van der Waals surface area contributed by atoms with Gasteiger partial charge in [0.15, 0.2) is 0 Å². The molecular formula is C17H35N. The lowest BCUT2D eigenvalue weighted by molar-refractivity contribution is 0.00234. The summed E-state index contributed by atoms with van der Waals surface area (Å²) in [6.07, 6.45) is 6.79. The van der Waals surface area contributed by atoms with Gasteiger partial charge in [-0.3, -0.25) is 4.90 Å². The molecule has 0 spiro atoms. The van der Waals surface area contributed by atoms with Gasteiger partial charge in [-0.05, 0) is 55.9 Å². The normalized spacial score (nSPS) is 30.3. The lowest BCUT2D eigenvalue weighted by atomic mass is 9.67. The van der Waals surface area contributed by atoms with Crippen LogP contribution >= 0.6 is 0 Å². The summed E-state index contributed by atoms with van der Waals surface area (Å²) in [5.74, 6) is 1.79. The monoisotopic (exact) mass is 253 g/mol. The van der Waals surface area contributed by atoms with Crippen molar-refractivity contribution in [3.63, 3.8) is 0 Å². The Bertz CT molecular complexity index is 232. The minimum absolute atomic E-state index is 0.547. The second-order valence-electron chi connectivity index (χ2n) is 7.06. The molecule has 1 heterocycles. The first-order valence-electron chi connectivity index (χ1n) is 8.20. The maximum Gasteiger partial charge on any atom is 0.00902 e. The summed E-state index contributed by atoms with van der Waals surface area (Å²) in [5.41, 5.74) is 0.547. The van der Waals surface area contributed by atoms with E-state index < -0.39 is 0 Å². The van der Waals surface area contributed by atoms with Crippen LogP contribution in [0.25, 0.3) is 0 Å². The highest BCUT2D eigenvalue weighted by atomic mass is 15.2. The average molecular weight is 253 g/mol. The topological polar surface area (TPSA) is 3.24 Å². The number of hydrogen-bond donors (Lipinski definition) is 0. The van der Waals surface area contributed by atoms with E-state index in [0.717, 1.165) is 17.9 Å². The third kappa shape index (κ3) is 3.73. The van der Waals surface area contributed by atoms with E-state index >= 15 is 0 Å². The molecule has 1 aliphatic heterocycles. The quantitative estimate of drug-likeness (QED) is 0.647. The minimum atomic E-state index is 0.547. The fraction of sp³-hybridized carbons (Fsp3) is 1.00. The van der Waals surface area contributed by atoms with Gasteiger partial charge in [-0.1, -0.05) is 41.5 Å². The number of rotatable bonds is 6. The molecule has 0 amide bonds. The Balaban J connectivity index is 2.71. The van der Waals surface area contributed by atoms with E-state index in [1.165, 1.54) is 45.2 Å². The summed E-state index contributed by atoms with van der Waals surface area (Å²) in [6.45, 7) is 17.0. The zero-order chi connectivity index (χ0) is 13.8. The van der Waals surface area contributed by atoms with Gasteiger partial charge in [0.2, 0.25) is 0 Å². The molecule has 0 bridgehead atoms. The zero-order valence-corrected chi connectivity index (χ0v) is 13.6. The first-order chi connectivity index (χ1) is 8.46. The van der Waals surface area contributed by atoms with Crippen molar-refractivity contribution < 1.29 is 0 Å². The van der Waals surface area contributed by atoms with Gasteiger partial charge < -0.3 is 0 Å². The van der Waals surface area contributed by atoms with E-state index in [9.17, 15) is 0 Å². The van der Waals surface area contributed by atoms with Gasteiger partial charge in [-0.25, -0.2) is 0 Å². The third-order valence-electron chi connectivity index (χ3n) is 5.34. The molecule has 0 radical (unpaired) electrons. The van der Waals surface area contributed by atoms with Crippen molar-refractivity contribution >= 4 is 0 Å². The van der Waals surface area contributed by atoms with E-state index in [2.05, 4.69) is 46.4 Å². The first kappa shape index (κ1) is 16.0. The summed E-state index contributed by atoms with van der Waals surface area (Å²) >= 11 is 0. The number of piperidine rings is 1. The SMILES string of the molecule is CCC(CC)N1CCC(CC(C)C)C(C)(CC)C1. The Hall–Kier alpha value is -0.0400. The Kier molecular flexibility index (Phi) is 6.17. The van der Waals surface area contributed by atoms with Crippen LogP contribution in [0.5, 0.6) is 0 Å². The Morgan fingerprint density at radius 3 is 2.22 bits per heavy atom. The summed E-state index contributed by atoms with van der Waals surface area (Å²) in [7, 11) is 0. The van der Waals surface area contributed by atoms with Crippen molar-refractivity contribution in [1.29, 1.82) is 0 Å². The molecule has 0 aliphatic carbocycles. The minimum Gasteiger partial charge on any atom is -0.300 e. The van der Waals surface area contributed by atoms with Gasteiger partial charge in [0.1, 0.15) is 0 Å². The molecule has 0 aromatic heterocycles. The average Bonchev–Trinajstić information content (AvgIpc) is 2.33. The van der Waals surface area contributed by atoms with Crippen LogP contribution in [0.1, 0.15) is 73.6 Å². The van der Waals surface area contributed by atoms with Crippen LogP contribution in [0.4, 0.5) is 0 Å². The fourth-order valence-electron chi connectivity index (χ4n) is 3.83. The molecule has 0 N–H and O–H groups in total. The van der Waals surface area contributed by atoms with Gasteiger partial charge in [0.05, 0.1) is 0 Å². The standard InChI is InChI=1S/C17H35N/c1-7-16(8-2)18-11-10-15(12-14(4)5)17(6,9-3)13-18/h14-16H,7-13H2,1-6H3. The van der Waals surface area contributed by atoms with Gasteiger partial charge in [-0.15, -0.1) is 0 Å². The summed E-state index contributed by atoms with van der Waals surface area (Å²) in [5, 5.41) is 0. The van der Waals surface area contributed by atoms with E-state index in [0.29, 0.717) is 5.41 Å². The Morgan fingerprint density at radius 1 is 1.17 bits per heavy atom. The van der Waals surface area contributed by atoms with Crippen LogP contribution < -0.4 is 0 Å². The predicted molar refractivity (Wildman–Crippen MR) is 81.9 cm³/mol. The second kappa shape index (κ2) is 6.93. The molecular weight excluding hydrogens is 218 g/mol. The molecule has 1 aliphatic rings. The summed E-state index contributed by atoms with van der Waals surface area (Å²) < 4.78 is 0. The molecule has 108 valence electrons.